The lowest BCUT2D eigenvalue weighted by Crippen LogP contribution is -2.62. The lowest BCUT2D eigenvalue weighted by atomic mass is 10.0. The minimum absolute atomic E-state index is 0.00486. The SMILES string of the molecule is C[C@@](O)(C(=O)NCC(F)(F)C(F)(F)F)C(=O)N[C@H]1CN(CCOCc2ccccc2)c2ccccc2N(CC(F)(F)F)C1=O. The molecule has 1 aliphatic heterocycles. The number of carbonyl (C=O) groups excluding carboxylic acids is 3. The van der Waals surface area contributed by atoms with Gasteiger partial charge in [-0.1, -0.05) is 42.5 Å². The van der Waals surface area contributed by atoms with E-state index in [4.69, 9.17) is 4.74 Å². The van der Waals surface area contributed by atoms with Crippen LogP contribution < -0.4 is 20.4 Å². The average molecular weight is 641 g/mol. The molecule has 1 heterocycles. The third kappa shape index (κ3) is 8.56. The molecule has 0 radical (unpaired) electrons. The van der Waals surface area contributed by atoms with Crippen molar-refractivity contribution in [2.45, 2.75) is 43.4 Å². The van der Waals surface area contributed by atoms with Gasteiger partial charge in [0, 0.05) is 13.1 Å². The minimum Gasteiger partial charge on any atom is -0.375 e. The van der Waals surface area contributed by atoms with Gasteiger partial charge in [0.2, 0.25) is 5.60 Å². The van der Waals surface area contributed by atoms with E-state index in [1.54, 1.807) is 30.3 Å². The highest BCUT2D eigenvalue weighted by molar-refractivity contribution is 6.10. The quantitative estimate of drug-likeness (QED) is 0.198. The first-order valence-electron chi connectivity index (χ1n) is 12.9. The molecule has 3 N–H and O–H groups in total. The number of para-hydroxylation sites is 2. The van der Waals surface area contributed by atoms with Crippen molar-refractivity contribution in [1.82, 2.24) is 10.6 Å². The number of ether oxygens (including phenoxy) is 1. The molecular formula is C27H28F8N4O5. The zero-order valence-electron chi connectivity index (χ0n) is 23.0. The minimum atomic E-state index is -6.05. The van der Waals surface area contributed by atoms with Crippen molar-refractivity contribution in [2.24, 2.45) is 0 Å². The van der Waals surface area contributed by atoms with Crippen LogP contribution in [0.2, 0.25) is 0 Å². The summed E-state index contributed by atoms with van der Waals surface area (Å²) in [7, 11) is 0. The second kappa shape index (κ2) is 13.3. The Kier molecular flexibility index (Phi) is 10.5. The van der Waals surface area contributed by atoms with Gasteiger partial charge in [-0.2, -0.15) is 35.1 Å². The molecule has 17 heteroatoms. The Morgan fingerprint density at radius 2 is 1.52 bits per heavy atom. The topological polar surface area (TPSA) is 111 Å². The fraction of sp³-hybridized carbons (Fsp3) is 0.444. The molecule has 2 atom stereocenters. The number of alkyl halides is 8. The predicted octanol–water partition coefficient (Wildman–Crippen LogP) is 3.17. The van der Waals surface area contributed by atoms with Crippen LogP contribution in [0.4, 0.5) is 46.5 Å². The Labute approximate surface area is 245 Å². The molecule has 0 unspecified atom stereocenters. The summed E-state index contributed by atoms with van der Waals surface area (Å²) in [6, 6.07) is 12.7. The standard InChI is InChI=1S/C27H28F8N4O5/c1-24(43,22(41)36-15-25(28,29)27(33,34)35)23(42)37-18-13-38(11-12-44-14-17-7-3-2-4-8-17)19-9-5-6-10-20(19)39(21(18)40)16-26(30,31)32/h2-10,18,43H,11-16H2,1H3,(H,36,41)(H,37,42)/t18-,24+/m0/s1. The molecule has 0 spiro atoms. The normalized spacial score (nSPS) is 17.4. The number of halogens is 8. The van der Waals surface area contributed by atoms with E-state index >= 15 is 0 Å². The molecule has 2 aromatic carbocycles. The van der Waals surface area contributed by atoms with Gasteiger partial charge < -0.3 is 25.4 Å². The van der Waals surface area contributed by atoms with Crippen LogP contribution in [0.5, 0.6) is 0 Å². The van der Waals surface area contributed by atoms with Crippen LogP contribution >= 0.6 is 0 Å². The van der Waals surface area contributed by atoms with Gasteiger partial charge in [0.05, 0.1) is 31.1 Å². The lowest BCUT2D eigenvalue weighted by Gasteiger charge is -2.29. The van der Waals surface area contributed by atoms with Crippen LogP contribution in [0.15, 0.2) is 54.6 Å². The number of hydrogen-bond donors (Lipinski definition) is 3. The van der Waals surface area contributed by atoms with Crippen molar-refractivity contribution < 1.29 is 59.4 Å². The van der Waals surface area contributed by atoms with Crippen molar-refractivity contribution in [3.8, 4) is 0 Å². The number of nitrogens with zero attached hydrogens (tertiary/aromatic N) is 2. The Balaban J connectivity index is 1.83. The molecular weight excluding hydrogens is 612 g/mol. The van der Waals surface area contributed by atoms with E-state index in [1.165, 1.54) is 29.2 Å². The Hall–Kier alpha value is -3.99. The van der Waals surface area contributed by atoms with E-state index in [-0.39, 0.29) is 31.1 Å². The molecule has 1 aliphatic rings. The number of carbonyl (C=O) groups is 3. The summed E-state index contributed by atoms with van der Waals surface area (Å²) in [6.45, 7) is -3.95. The fourth-order valence-electron chi connectivity index (χ4n) is 4.13. The second-order valence-electron chi connectivity index (χ2n) is 10.00. The number of amides is 3. The van der Waals surface area contributed by atoms with Gasteiger partial charge >= 0.3 is 18.3 Å². The van der Waals surface area contributed by atoms with E-state index in [1.807, 2.05) is 5.32 Å². The van der Waals surface area contributed by atoms with Gasteiger partial charge in [-0.25, -0.2) is 0 Å². The highest BCUT2D eigenvalue weighted by Crippen LogP contribution is 2.36. The third-order valence-electron chi connectivity index (χ3n) is 6.51. The summed E-state index contributed by atoms with van der Waals surface area (Å²) in [5.74, 6) is -10.4. The monoisotopic (exact) mass is 640 g/mol. The Bertz CT molecular complexity index is 1320. The summed E-state index contributed by atoms with van der Waals surface area (Å²) < 4.78 is 110. The first-order chi connectivity index (χ1) is 20.3. The van der Waals surface area contributed by atoms with Crippen molar-refractivity contribution in [3.05, 3.63) is 60.2 Å². The summed E-state index contributed by atoms with van der Waals surface area (Å²) >= 11 is 0. The number of hydrogen-bond acceptors (Lipinski definition) is 6. The van der Waals surface area contributed by atoms with Gasteiger partial charge in [0.1, 0.15) is 12.6 Å². The molecule has 0 saturated carbocycles. The molecule has 242 valence electrons. The highest BCUT2D eigenvalue weighted by atomic mass is 19.4. The smallest absolute Gasteiger partial charge is 0.375 e. The number of aliphatic hydroxyl groups is 1. The van der Waals surface area contributed by atoms with Crippen molar-refractivity contribution in [2.75, 3.05) is 42.6 Å². The van der Waals surface area contributed by atoms with Crippen LogP contribution in [0, 0.1) is 0 Å². The number of fused-ring (bicyclic) bond motifs is 1. The maximum absolute atomic E-state index is 13.5. The molecule has 44 heavy (non-hydrogen) atoms. The summed E-state index contributed by atoms with van der Waals surface area (Å²) in [5, 5.41) is 13.5. The van der Waals surface area contributed by atoms with E-state index in [9.17, 15) is 54.6 Å². The number of nitrogens with one attached hydrogen (secondary N) is 2. The summed E-state index contributed by atoms with van der Waals surface area (Å²) in [4.78, 5) is 40.3. The van der Waals surface area contributed by atoms with Crippen molar-refractivity contribution >= 4 is 29.1 Å². The summed E-state index contributed by atoms with van der Waals surface area (Å²) in [5.41, 5.74) is -2.49. The molecule has 3 rings (SSSR count). The van der Waals surface area contributed by atoms with Crippen LogP contribution in [0.25, 0.3) is 0 Å². The molecule has 0 fully saturated rings. The van der Waals surface area contributed by atoms with E-state index in [2.05, 4.69) is 0 Å². The van der Waals surface area contributed by atoms with Crippen molar-refractivity contribution in [3.63, 3.8) is 0 Å². The Morgan fingerprint density at radius 3 is 2.11 bits per heavy atom. The van der Waals surface area contributed by atoms with Crippen LogP contribution in [0.1, 0.15) is 12.5 Å². The van der Waals surface area contributed by atoms with Crippen molar-refractivity contribution in [1.29, 1.82) is 0 Å². The van der Waals surface area contributed by atoms with E-state index < -0.39 is 67.3 Å². The molecule has 0 aromatic heterocycles. The van der Waals surface area contributed by atoms with Gasteiger partial charge in [-0.05, 0) is 24.6 Å². The molecule has 9 nitrogen and oxygen atoms in total. The van der Waals surface area contributed by atoms with E-state index in [0.717, 1.165) is 10.9 Å². The van der Waals surface area contributed by atoms with Crippen LogP contribution in [0.3, 0.4) is 0 Å². The molecule has 0 saturated heterocycles. The highest BCUT2D eigenvalue weighted by Gasteiger charge is 2.58. The first kappa shape index (κ1) is 34.5. The summed E-state index contributed by atoms with van der Waals surface area (Å²) in [6.07, 6.45) is -11.0. The number of rotatable bonds is 11. The maximum Gasteiger partial charge on any atom is 0.455 e. The first-order valence-corrected chi connectivity index (χ1v) is 12.9. The average Bonchev–Trinajstić information content (AvgIpc) is 3.04. The van der Waals surface area contributed by atoms with Crippen LogP contribution in [-0.2, 0) is 25.7 Å². The predicted molar refractivity (Wildman–Crippen MR) is 140 cm³/mol. The lowest BCUT2D eigenvalue weighted by molar-refractivity contribution is -0.278. The largest absolute Gasteiger partial charge is 0.455 e. The zero-order valence-corrected chi connectivity index (χ0v) is 23.0. The molecule has 0 aliphatic carbocycles. The Morgan fingerprint density at radius 1 is 0.932 bits per heavy atom. The van der Waals surface area contributed by atoms with Crippen LogP contribution in [-0.4, -0.2) is 85.5 Å². The molecule has 2 aromatic rings. The zero-order chi connectivity index (χ0) is 32.9. The van der Waals surface area contributed by atoms with Gasteiger partial charge in [-0.15, -0.1) is 0 Å². The van der Waals surface area contributed by atoms with E-state index in [0.29, 0.717) is 11.8 Å². The van der Waals surface area contributed by atoms with Gasteiger partial charge in [0.25, 0.3) is 17.7 Å². The maximum atomic E-state index is 13.5. The number of anilines is 2. The van der Waals surface area contributed by atoms with Gasteiger partial charge in [0.15, 0.2) is 0 Å². The van der Waals surface area contributed by atoms with Gasteiger partial charge in [-0.3, -0.25) is 19.3 Å². The third-order valence-corrected chi connectivity index (χ3v) is 6.51. The molecule has 3 amide bonds. The fourth-order valence-corrected chi connectivity index (χ4v) is 4.13. The number of benzene rings is 2. The second-order valence-corrected chi connectivity index (χ2v) is 10.00. The molecule has 0 bridgehead atoms.